The van der Waals surface area contributed by atoms with Crippen LogP contribution in [-0.4, -0.2) is 23.7 Å². The molecule has 0 saturated carbocycles. The largest absolute Gasteiger partial charge is 0.325 e. The van der Waals surface area contributed by atoms with Crippen LogP contribution in [0.4, 0.5) is 5.69 Å². The number of nitrogens with zero attached hydrogens (tertiary/aromatic N) is 2. The molecular weight excluding hydrogens is 378 g/mol. The highest BCUT2D eigenvalue weighted by Gasteiger charge is 2.20. The van der Waals surface area contributed by atoms with Gasteiger partial charge in [-0.15, -0.1) is 0 Å². The molecular formula is C20H21N3O2S2. The fourth-order valence-electron chi connectivity index (χ4n) is 3.55. The third kappa shape index (κ3) is 3.49. The van der Waals surface area contributed by atoms with Crippen molar-refractivity contribution in [1.29, 1.82) is 0 Å². The molecule has 0 bridgehead atoms. The lowest BCUT2D eigenvalue weighted by Gasteiger charge is -2.14. The molecule has 140 valence electrons. The molecule has 1 aliphatic heterocycles. The maximum Gasteiger partial charge on any atom is 0.262 e. The van der Waals surface area contributed by atoms with E-state index in [2.05, 4.69) is 14.3 Å². The summed E-state index contributed by atoms with van der Waals surface area (Å²) in [5, 5.41) is 1.04. The maximum atomic E-state index is 12.9. The lowest BCUT2D eigenvalue weighted by atomic mass is 10.1. The number of thioether (sulfide) groups is 1. The second-order valence-electron chi connectivity index (χ2n) is 6.86. The quantitative estimate of drug-likeness (QED) is 0.707. The topological polar surface area (TPSA) is 64.0 Å². The van der Waals surface area contributed by atoms with Crippen molar-refractivity contribution < 1.29 is 8.42 Å². The van der Waals surface area contributed by atoms with E-state index in [1.54, 1.807) is 23.9 Å². The normalized spacial score (nSPS) is 13.6. The Labute approximate surface area is 163 Å². The number of hydrogen-bond acceptors (Lipinski definition) is 4. The van der Waals surface area contributed by atoms with Crippen molar-refractivity contribution in [3.8, 4) is 11.3 Å². The Kier molecular flexibility index (Phi) is 4.52. The van der Waals surface area contributed by atoms with Gasteiger partial charge in [0.2, 0.25) is 0 Å². The maximum absolute atomic E-state index is 12.9. The van der Waals surface area contributed by atoms with Crippen LogP contribution in [0, 0.1) is 20.8 Å². The van der Waals surface area contributed by atoms with E-state index in [4.69, 9.17) is 0 Å². The molecule has 0 radical (unpaired) electrons. The first-order chi connectivity index (χ1) is 12.8. The van der Waals surface area contributed by atoms with Crippen molar-refractivity contribution in [2.45, 2.75) is 37.4 Å². The van der Waals surface area contributed by atoms with Crippen LogP contribution in [0.3, 0.4) is 0 Å². The van der Waals surface area contributed by atoms with Crippen LogP contribution in [0.5, 0.6) is 0 Å². The Morgan fingerprint density at radius 3 is 2.37 bits per heavy atom. The minimum absolute atomic E-state index is 0.347. The average Bonchev–Trinajstić information content (AvgIpc) is 3.15. The van der Waals surface area contributed by atoms with Gasteiger partial charge in [-0.05, 0) is 44.0 Å². The van der Waals surface area contributed by atoms with Gasteiger partial charge in [-0.25, -0.2) is 13.4 Å². The summed E-state index contributed by atoms with van der Waals surface area (Å²) in [4.78, 5) is 4.98. The number of nitrogens with one attached hydrogen (secondary N) is 1. The summed E-state index contributed by atoms with van der Waals surface area (Å²) in [6, 6.07) is 11.1. The van der Waals surface area contributed by atoms with Gasteiger partial charge in [0, 0.05) is 29.7 Å². The predicted octanol–water partition coefficient (Wildman–Crippen LogP) is 4.38. The molecule has 2 heterocycles. The molecule has 0 spiro atoms. The summed E-state index contributed by atoms with van der Waals surface area (Å²) in [6.45, 7) is 6.61. The lowest BCUT2D eigenvalue weighted by molar-refractivity contribution is 0.600. The standard InChI is InChI=1S/C20H21N3O2S2/c1-13-10-14(2)19(15(3)11-13)27(24,25)22-17-6-4-16(5-7-17)18-12-23-8-9-26-20(23)21-18/h4-7,10-12,22H,8-9H2,1-3H3. The van der Waals surface area contributed by atoms with Gasteiger partial charge in [0.25, 0.3) is 10.0 Å². The number of benzene rings is 2. The lowest BCUT2D eigenvalue weighted by Crippen LogP contribution is -2.15. The van der Waals surface area contributed by atoms with Crippen LogP contribution in [0.25, 0.3) is 11.3 Å². The number of imidazole rings is 1. The van der Waals surface area contributed by atoms with Gasteiger partial charge in [-0.1, -0.05) is 41.6 Å². The first kappa shape index (κ1) is 18.1. The van der Waals surface area contributed by atoms with Gasteiger partial charge < -0.3 is 4.57 Å². The molecule has 0 fully saturated rings. The first-order valence-electron chi connectivity index (χ1n) is 8.74. The van der Waals surface area contributed by atoms with Crippen molar-refractivity contribution in [2.24, 2.45) is 0 Å². The molecule has 0 unspecified atom stereocenters. The summed E-state index contributed by atoms with van der Waals surface area (Å²) >= 11 is 1.76. The van der Waals surface area contributed by atoms with Crippen molar-refractivity contribution in [2.75, 3.05) is 10.5 Å². The van der Waals surface area contributed by atoms with E-state index in [-0.39, 0.29) is 0 Å². The molecule has 3 aromatic rings. The number of anilines is 1. The van der Waals surface area contributed by atoms with E-state index in [9.17, 15) is 8.42 Å². The fourth-order valence-corrected chi connectivity index (χ4v) is 6.01. The minimum atomic E-state index is -3.64. The number of fused-ring (bicyclic) bond motifs is 1. The smallest absolute Gasteiger partial charge is 0.262 e. The summed E-state index contributed by atoms with van der Waals surface area (Å²) in [5.41, 5.74) is 4.99. The van der Waals surface area contributed by atoms with Crippen LogP contribution in [0.1, 0.15) is 16.7 Å². The van der Waals surface area contributed by atoms with Gasteiger partial charge in [0.1, 0.15) is 0 Å². The summed E-state index contributed by atoms with van der Waals surface area (Å²) < 4.78 is 30.6. The van der Waals surface area contributed by atoms with Crippen molar-refractivity contribution in [3.05, 3.63) is 59.3 Å². The number of hydrogen-bond donors (Lipinski definition) is 1. The molecule has 1 N–H and O–H groups in total. The van der Waals surface area contributed by atoms with E-state index in [0.29, 0.717) is 10.6 Å². The zero-order valence-electron chi connectivity index (χ0n) is 15.5. The first-order valence-corrected chi connectivity index (χ1v) is 11.2. The van der Waals surface area contributed by atoms with E-state index < -0.39 is 10.0 Å². The molecule has 0 aliphatic carbocycles. The Morgan fingerprint density at radius 2 is 1.74 bits per heavy atom. The molecule has 1 aromatic heterocycles. The average molecular weight is 400 g/mol. The van der Waals surface area contributed by atoms with Crippen LogP contribution >= 0.6 is 11.8 Å². The predicted molar refractivity (Wildman–Crippen MR) is 110 cm³/mol. The fraction of sp³-hybridized carbons (Fsp3) is 0.250. The molecule has 0 saturated heterocycles. The highest BCUT2D eigenvalue weighted by molar-refractivity contribution is 7.99. The summed E-state index contributed by atoms with van der Waals surface area (Å²) in [7, 11) is -3.64. The second kappa shape index (κ2) is 6.73. The van der Waals surface area contributed by atoms with E-state index >= 15 is 0 Å². The van der Waals surface area contributed by atoms with Gasteiger partial charge in [0.05, 0.1) is 10.6 Å². The van der Waals surface area contributed by atoms with Gasteiger partial charge in [-0.3, -0.25) is 4.72 Å². The highest BCUT2D eigenvalue weighted by Crippen LogP contribution is 2.30. The van der Waals surface area contributed by atoms with Gasteiger partial charge in [0.15, 0.2) is 5.16 Å². The molecule has 0 atom stereocenters. The number of aromatic nitrogens is 2. The number of aryl methyl sites for hydroxylation is 4. The molecule has 0 amide bonds. The van der Waals surface area contributed by atoms with Gasteiger partial charge >= 0.3 is 0 Å². The van der Waals surface area contributed by atoms with Crippen LogP contribution < -0.4 is 4.72 Å². The Morgan fingerprint density at radius 1 is 1.07 bits per heavy atom. The van der Waals surface area contributed by atoms with E-state index in [0.717, 1.165) is 45.4 Å². The van der Waals surface area contributed by atoms with E-state index in [1.165, 1.54) is 0 Å². The van der Waals surface area contributed by atoms with E-state index in [1.807, 2.05) is 51.2 Å². The minimum Gasteiger partial charge on any atom is -0.325 e. The molecule has 1 aliphatic rings. The zero-order valence-corrected chi connectivity index (χ0v) is 17.1. The summed E-state index contributed by atoms with van der Waals surface area (Å²) in [5.74, 6) is 1.07. The third-order valence-electron chi connectivity index (χ3n) is 4.61. The third-order valence-corrected chi connectivity index (χ3v) is 7.27. The number of rotatable bonds is 4. The molecule has 4 rings (SSSR count). The Balaban J connectivity index is 1.59. The molecule has 5 nitrogen and oxygen atoms in total. The van der Waals surface area contributed by atoms with Gasteiger partial charge in [-0.2, -0.15) is 0 Å². The van der Waals surface area contributed by atoms with Crippen LogP contribution in [0.15, 0.2) is 52.6 Å². The van der Waals surface area contributed by atoms with Crippen molar-refractivity contribution >= 4 is 27.5 Å². The van der Waals surface area contributed by atoms with Crippen molar-refractivity contribution in [3.63, 3.8) is 0 Å². The monoisotopic (exact) mass is 399 g/mol. The van der Waals surface area contributed by atoms with Crippen molar-refractivity contribution in [1.82, 2.24) is 9.55 Å². The second-order valence-corrected chi connectivity index (χ2v) is 9.54. The van der Waals surface area contributed by atoms with Crippen LogP contribution in [-0.2, 0) is 16.6 Å². The van der Waals surface area contributed by atoms with Crippen LogP contribution in [0.2, 0.25) is 0 Å². The Bertz CT molecular complexity index is 1070. The highest BCUT2D eigenvalue weighted by atomic mass is 32.2. The SMILES string of the molecule is Cc1cc(C)c(S(=O)(=O)Nc2ccc(-c3cn4c(n3)SCC4)cc2)c(C)c1. The summed E-state index contributed by atoms with van der Waals surface area (Å²) in [6.07, 6.45) is 2.05. The zero-order chi connectivity index (χ0) is 19.2. The Hall–Kier alpha value is -2.25. The molecule has 27 heavy (non-hydrogen) atoms. The number of sulfonamides is 1. The molecule has 2 aromatic carbocycles. The molecule has 7 heteroatoms.